The van der Waals surface area contributed by atoms with Gasteiger partial charge in [0.2, 0.25) is 17.1 Å². The van der Waals surface area contributed by atoms with Crippen LogP contribution in [0.4, 0.5) is 0 Å². The van der Waals surface area contributed by atoms with E-state index in [1.165, 1.54) is 0 Å². The zero-order valence-corrected chi connectivity index (χ0v) is 23.5. The van der Waals surface area contributed by atoms with E-state index in [9.17, 15) is 44.4 Å². The third-order valence-corrected chi connectivity index (χ3v) is 7.65. The van der Waals surface area contributed by atoms with E-state index < -0.39 is 70.7 Å². The summed E-state index contributed by atoms with van der Waals surface area (Å²) < 4.78 is 5.60. The maximum atomic E-state index is 13.1. The lowest BCUT2D eigenvalue weighted by Gasteiger charge is -2.58. The van der Waals surface area contributed by atoms with Crippen LogP contribution in [0.2, 0.25) is 0 Å². The van der Waals surface area contributed by atoms with Crippen LogP contribution in [-0.2, 0) is 41.6 Å². The molecule has 2 aromatic carbocycles. The number of ketones is 4. The molecule has 1 amide bonds. The van der Waals surface area contributed by atoms with Gasteiger partial charge in [-0.05, 0) is 45.7 Å². The Morgan fingerprint density at radius 2 is 1.20 bits per heavy atom. The van der Waals surface area contributed by atoms with Gasteiger partial charge in [0.1, 0.15) is 12.2 Å². The van der Waals surface area contributed by atoms with Crippen molar-refractivity contribution < 1.29 is 49.1 Å². The van der Waals surface area contributed by atoms with Crippen molar-refractivity contribution in [2.45, 2.75) is 82.7 Å². The van der Waals surface area contributed by atoms with Crippen molar-refractivity contribution in [1.82, 2.24) is 5.32 Å². The maximum Gasteiger partial charge on any atom is 0.226 e. The minimum atomic E-state index is -3.65. The number of amides is 1. The number of carbonyl (C=O) groups excluding carboxylic acids is 5. The number of aryl methyl sites for hydroxylation is 2. The van der Waals surface area contributed by atoms with E-state index in [-0.39, 0.29) is 6.42 Å². The molecule has 1 aliphatic heterocycles. The van der Waals surface area contributed by atoms with Crippen LogP contribution < -0.4 is 5.32 Å². The summed E-state index contributed by atoms with van der Waals surface area (Å²) in [5, 5.41) is 48.3. The zero-order valence-electron chi connectivity index (χ0n) is 23.5. The third-order valence-electron chi connectivity index (χ3n) is 7.65. The Morgan fingerprint density at radius 3 is 1.61 bits per heavy atom. The van der Waals surface area contributed by atoms with E-state index in [4.69, 9.17) is 4.74 Å². The first kappa shape index (κ1) is 31.9. The summed E-state index contributed by atoms with van der Waals surface area (Å²) >= 11 is 0. The molecule has 1 heterocycles. The van der Waals surface area contributed by atoms with Crippen LogP contribution in [0.1, 0.15) is 43.0 Å². The molecule has 0 bridgehead atoms. The molecule has 0 aromatic heterocycles. The summed E-state index contributed by atoms with van der Waals surface area (Å²) in [5.41, 5.74) is -7.71. The summed E-state index contributed by atoms with van der Waals surface area (Å²) in [7, 11) is 0. The lowest BCUT2D eigenvalue weighted by Crippen LogP contribution is -2.88. The standard InChI is InChI=1S/C30H35NO10/c1-16-6-10-21(11-7-16)14-23(35)25(37)26-28(38,18(3)32)30(40,20(5)34)29(39,19(4)33)27(41-26)31-24(36)15-22-12-8-17(2)9-13-22/h6-13,25-27,37-40H,14-15H2,1-5H3,(H,31,36)/t25?,26-,27-,28-,29+,30+/m1/s1. The highest BCUT2D eigenvalue weighted by atomic mass is 16.6. The van der Waals surface area contributed by atoms with Gasteiger partial charge in [0, 0.05) is 6.42 Å². The van der Waals surface area contributed by atoms with Crippen LogP contribution >= 0.6 is 0 Å². The number of Topliss-reactive ketones (excluding diaryl/α,β-unsaturated/α-hetero) is 4. The molecule has 41 heavy (non-hydrogen) atoms. The van der Waals surface area contributed by atoms with Crippen molar-refractivity contribution in [3.63, 3.8) is 0 Å². The first-order valence-electron chi connectivity index (χ1n) is 13.0. The Kier molecular flexibility index (Phi) is 9.11. The zero-order chi connectivity index (χ0) is 30.9. The van der Waals surface area contributed by atoms with Crippen LogP contribution in [0.15, 0.2) is 48.5 Å². The number of benzene rings is 2. The van der Waals surface area contributed by atoms with Crippen LogP contribution in [0, 0.1) is 13.8 Å². The first-order chi connectivity index (χ1) is 19.0. The molecule has 11 heteroatoms. The monoisotopic (exact) mass is 569 g/mol. The van der Waals surface area contributed by atoms with Crippen LogP contribution in [0.25, 0.3) is 0 Å². The molecule has 6 atom stereocenters. The molecule has 5 N–H and O–H groups in total. The Balaban J connectivity index is 2.09. The van der Waals surface area contributed by atoms with Gasteiger partial charge in [0.25, 0.3) is 0 Å². The molecule has 0 spiro atoms. The fourth-order valence-electron chi connectivity index (χ4n) is 5.17. The average Bonchev–Trinajstić information content (AvgIpc) is 2.90. The number of aliphatic hydroxyl groups is 4. The van der Waals surface area contributed by atoms with Gasteiger partial charge in [0.15, 0.2) is 35.0 Å². The number of ether oxygens (including phenoxy) is 1. The molecule has 0 aliphatic carbocycles. The van der Waals surface area contributed by atoms with Gasteiger partial charge in [-0.15, -0.1) is 0 Å². The number of hydrogen-bond acceptors (Lipinski definition) is 10. The van der Waals surface area contributed by atoms with Crippen molar-refractivity contribution in [3.05, 3.63) is 70.8 Å². The summed E-state index contributed by atoms with van der Waals surface area (Å²) in [6.07, 6.45) is -7.67. The topological polar surface area (TPSA) is 188 Å². The lowest BCUT2D eigenvalue weighted by molar-refractivity contribution is -0.330. The van der Waals surface area contributed by atoms with Gasteiger partial charge in [-0.2, -0.15) is 0 Å². The molecule has 1 aliphatic rings. The van der Waals surface area contributed by atoms with E-state index in [0.29, 0.717) is 18.1 Å². The Morgan fingerprint density at radius 1 is 0.756 bits per heavy atom. The number of carbonyl (C=O) groups is 5. The molecular weight excluding hydrogens is 534 g/mol. The van der Waals surface area contributed by atoms with Crippen molar-refractivity contribution >= 4 is 29.0 Å². The first-order valence-corrected chi connectivity index (χ1v) is 13.0. The third kappa shape index (κ3) is 5.51. The largest absolute Gasteiger partial charge is 0.382 e. The van der Waals surface area contributed by atoms with Gasteiger partial charge in [-0.1, -0.05) is 59.7 Å². The van der Waals surface area contributed by atoms with Gasteiger partial charge < -0.3 is 30.5 Å². The maximum absolute atomic E-state index is 13.1. The number of nitrogens with one attached hydrogen (secondary N) is 1. The van der Waals surface area contributed by atoms with Crippen molar-refractivity contribution in [1.29, 1.82) is 0 Å². The second kappa shape index (κ2) is 11.7. The second-order valence-corrected chi connectivity index (χ2v) is 10.7. The molecule has 3 rings (SSSR count). The minimum Gasteiger partial charge on any atom is -0.382 e. The summed E-state index contributed by atoms with van der Waals surface area (Å²) in [6, 6.07) is 13.5. The summed E-state index contributed by atoms with van der Waals surface area (Å²) in [5.74, 6) is -5.97. The molecular formula is C30H35NO10. The van der Waals surface area contributed by atoms with Crippen LogP contribution in [0.5, 0.6) is 0 Å². The molecule has 1 unspecified atom stereocenters. The molecule has 1 saturated heterocycles. The van der Waals surface area contributed by atoms with E-state index in [1.807, 2.05) is 13.8 Å². The summed E-state index contributed by atoms with van der Waals surface area (Å²) in [4.78, 5) is 64.9. The molecule has 1 fully saturated rings. The number of aliphatic hydroxyl groups excluding tert-OH is 1. The van der Waals surface area contributed by atoms with Gasteiger partial charge in [0.05, 0.1) is 6.42 Å². The van der Waals surface area contributed by atoms with Crippen LogP contribution in [0.3, 0.4) is 0 Å². The predicted molar refractivity (Wildman–Crippen MR) is 144 cm³/mol. The van der Waals surface area contributed by atoms with Crippen molar-refractivity contribution in [2.24, 2.45) is 0 Å². The highest BCUT2D eigenvalue weighted by Crippen LogP contribution is 2.47. The Hall–Kier alpha value is -3.61. The van der Waals surface area contributed by atoms with E-state index in [0.717, 1.165) is 25.0 Å². The van der Waals surface area contributed by atoms with Gasteiger partial charge in [-0.3, -0.25) is 24.0 Å². The van der Waals surface area contributed by atoms with Gasteiger partial charge >= 0.3 is 0 Å². The second-order valence-electron chi connectivity index (χ2n) is 10.7. The lowest BCUT2D eigenvalue weighted by atomic mass is 9.59. The van der Waals surface area contributed by atoms with E-state index in [1.54, 1.807) is 48.5 Å². The van der Waals surface area contributed by atoms with Crippen LogP contribution in [-0.4, -0.2) is 84.7 Å². The quantitative estimate of drug-likeness (QED) is 0.257. The minimum absolute atomic E-state index is 0.289. The number of hydrogen-bond donors (Lipinski definition) is 5. The van der Waals surface area contributed by atoms with Crippen molar-refractivity contribution in [2.75, 3.05) is 0 Å². The van der Waals surface area contributed by atoms with E-state index in [2.05, 4.69) is 5.32 Å². The molecule has 11 nitrogen and oxygen atoms in total. The fourth-order valence-corrected chi connectivity index (χ4v) is 5.17. The SMILES string of the molecule is CC(=O)[C@]1(O)[C@@](O)(C(C)=O)[C@@H](C(O)C(=O)Cc2ccc(C)cc2)O[C@@H](NC(=O)Cc2ccc(C)cc2)[C@@]1(O)C(C)=O. The molecule has 2 aromatic rings. The normalized spacial score (nSPS) is 28.4. The van der Waals surface area contributed by atoms with Gasteiger partial charge in [-0.25, -0.2) is 0 Å². The Bertz CT molecular complexity index is 1350. The number of rotatable bonds is 10. The highest BCUT2D eigenvalue weighted by Gasteiger charge is 2.79. The summed E-state index contributed by atoms with van der Waals surface area (Å²) in [6.45, 7) is 5.87. The predicted octanol–water partition coefficient (Wildman–Crippen LogP) is -0.180. The molecule has 0 radical (unpaired) electrons. The molecule has 220 valence electrons. The van der Waals surface area contributed by atoms with E-state index >= 15 is 0 Å². The Labute approximate surface area is 237 Å². The molecule has 0 saturated carbocycles. The highest BCUT2D eigenvalue weighted by molar-refractivity contribution is 6.06. The fraction of sp³-hybridized carbons (Fsp3) is 0.433. The average molecular weight is 570 g/mol. The van der Waals surface area contributed by atoms with Crippen molar-refractivity contribution in [3.8, 4) is 0 Å². The smallest absolute Gasteiger partial charge is 0.226 e.